The summed E-state index contributed by atoms with van der Waals surface area (Å²) in [6.07, 6.45) is 1.61. The number of hydrogen-bond donors (Lipinski definition) is 2. The van der Waals surface area contributed by atoms with Crippen LogP contribution in [0, 0.1) is 6.92 Å². The van der Waals surface area contributed by atoms with Crippen LogP contribution in [-0.4, -0.2) is 10.1 Å². The number of aromatic nitrogens is 1. The van der Waals surface area contributed by atoms with Gasteiger partial charge in [-0.1, -0.05) is 12.1 Å². The summed E-state index contributed by atoms with van der Waals surface area (Å²) in [5.74, 6) is 0.332. The molecule has 1 aromatic carbocycles. The zero-order chi connectivity index (χ0) is 7.84. The van der Waals surface area contributed by atoms with E-state index in [1.807, 2.05) is 25.1 Å². The van der Waals surface area contributed by atoms with Gasteiger partial charge in [0.1, 0.15) is 5.75 Å². The van der Waals surface area contributed by atoms with Gasteiger partial charge in [0.2, 0.25) is 0 Å². The van der Waals surface area contributed by atoms with Gasteiger partial charge in [-0.15, -0.1) is 0 Å². The third-order valence-corrected chi connectivity index (χ3v) is 1.89. The second-order valence-corrected chi connectivity index (χ2v) is 2.67. The standard InChI is InChI=1S/C9H9NO/c1-6-3-2-4-7-9(6)8(11)5-10-7/h2-5,10-11H,1H3. The Labute approximate surface area is 64.5 Å². The topological polar surface area (TPSA) is 36.0 Å². The number of rotatable bonds is 0. The lowest BCUT2D eigenvalue weighted by atomic mass is 10.1. The molecule has 0 unspecified atom stereocenters. The van der Waals surface area contributed by atoms with Crippen LogP contribution < -0.4 is 0 Å². The van der Waals surface area contributed by atoms with Crippen LogP contribution in [0.25, 0.3) is 10.9 Å². The molecule has 56 valence electrons. The fourth-order valence-corrected chi connectivity index (χ4v) is 1.35. The minimum atomic E-state index is 0.332. The van der Waals surface area contributed by atoms with E-state index < -0.39 is 0 Å². The molecule has 1 aromatic heterocycles. The first-order valence-electron chi connectivity index (χ1n) is 3.54. The van der Waals surface area contributed by atoms with Crippen LogP contribution in [0.2, 0.25) is 0 Å². The Morgan fingerprint density at radius 3 is 2.91 bits per heavy atom. The average molecular weight is 147 g/mol. The number of fused-ring (bicyclic) bond motifs is 1. The molecule has 0 bridgehead atoms. The molecule has 0 spiro atoms. The lowest BCUT2D eigenvalue weighted by molar-refractivity contribution is 0.481. The number of nitrogens with one attached hydrogen (secondary N) is 1. The largest absolute Gasteiger partial charge is 0.506 e. The first kappa shape index (κ1) is 6.28. The van der Waals surface area contributed by atoms with Gasteiger partial charge < -0.3 is 10.1 Å². The Morgan fingerprint density at radius 2 is 2.18 bits per heavy atom. The van der Waals surface area contributed by atoms with Gasteiger partial charge in [-0.05, 0) is 18.6 Å². The predicted molar refractivity (Wildman–Crippen MR) is 44.7 cm³/mol. The summed E-state index contributed by atoms with van der Waals surface area (Å²) in [6.45, 7) is 1.98. The summed E-state index contributed by atoms with van der Waals surface area (Å²) < 4.78 is 0. The van der Waals surface area contributed by atoms with Gasteiger partial charge in [0.25, 0.3) is 0 Å². The molecule has 0 aliphatic carbocycles. The van der Waals surface area contributed by atoms with E-state index in [1.165, 1.54) is 0 Å². The molecule has 0 fully saturated rings. The fraction of sp³-hybridized carbons (Fsp3) is 0.111. The van der Waals surface area contributed by atoms with Crippen molar-refractivity contribution in [2.75, 3.05) is 0 Å². The van der Waals surface area contributed by atoms with Crippen molar-refractivity contribution < 1.29 is 5.11 Å². The quantitative estimate of drug-likeness (QED) is 0.588. The first-order valence-corrected chi connectivity index (χ1v) is 3.54. The second kappa shape index (κ2) is 2.02. The van der Waals surface area contributed by atoms with Gasteiger partial charge in [0, 0.05) is 17.1 Å². The highest BCUT2D eigenvalue weighted by Crippen LogP contribution is 2.26. The molecule has 11 heavy (non-hydrogen) atoms. The number of H-pyrrole nitrogens is 1. The Hall–Kier alpha value is -1.44. The normalized spacial score (nSPS) is 10.6. The SMILES string of the molecule is Cc1cccc2[nH]cc(O)c12. The van der Waals surface area contributed by atoms with Crippen molar-refractivity contribution in [3.05, 3.63) is 30.0 Å². The lowest BCUT2D eigenvalue weighted by Gasteiger charge is -1.94. The van der Waals surface area contributed by atoms with E-state index in [9.17, 15) is 5.11 Å². The van der Waals surface area contributed by atoms with Crippen molar-refractivity contribution >= 4 is 10.9 Å². The number of hydrogen-bond acceptors (Lipinski definition) is 1. The Bertz CT molecular complexity index is 389. The van der Waals surface area contributed by atoms with Gasteiger partial charge in [0.15, 0.2) is 0 Å². The minimum absolute atomic E-state index is 0.332. The predicted octanol–water partition coefficient (Wildman–Crippen LogP) is 2.18. The van der Waals surface area contributed by atoms with Gasteiger partial charge in [-0.25, -0.2) is 0 Å². The van der Waals surface area contributed by atoms with E-state index in [4.69, 9.17) is 0 Å². The first-order chi connectivity index (χ1) is 5.29. The molecule has 2 rings (SSSR count). The molecule has 1 heterocycles. The third kappa shape index (κ3) is 0.792. The zero-order valence-electron chi connectivity index (χ0n) is 6.26. The fourth-order valence-electron chi connectivity index (χ4n) is 1.35. The zero-order valence-corrected chi connectivity index (χ0v) is 6.26. The summed E-state index contributed by atoms with van der Waals surface area (Å²) in [4.78, 5) is 2.98. The monoisotopic (exact) mass is 147 g/mol. The van der Waals surface area contributed by atoms with Gasteiger partial charge in [-0.3, -0.25) is 0 Å². The van der Waals surface area contributed by atoms with Crippen LogP contribution in [0.15, 0.2) is 24.4 Å². The van der Waals surface area contributed by atoms with Gasteiger partial charge >= 0.3 is 0 Å². The molecule has 2 N–H and O–H groups in total. The number of benzene rings is 1. The number of aryl methyl sites for hydroxylation is 1. The van der Waals surface area contributed by atoms with Crippen molar-refractivity contribution in [1.82, 2.24) is 4.98 Å². The summed E-state index contributed by atoms with van der Waals surface area (Å²) >= 11 is 0. The van der Waals surface area contributed by atoms with Crippen molar-refractivity contribution in [1.29, 1.82) is 0 Å². The molecular weight excluding hydrogens is 138 g/mol. The summed E-state index contributed by atoms with van der Waals surface area (Å²) in [5.41, 5.74) is 2.09. The molecule has 2 heteroatoms. The van der Waals surface area contributed by atoms with E-state index in [0.717, 1.165) is 16.5 Å². The van der Waals surface area contributed by atoms with E-state index in [0.29, 0.717) is 5.75 Å². The molecule has 0 radical (unpaired) electrons. The van der Waals surface area contributed by atoms with Crippen molar-refractivity contribution in [3.63, 3.8) is 0 Å². The van der Waals surface area contributed by atoms with Crippen LogP contribution in [0.1, 0.15) is 5.56 Å². The molecular formula is C9H9NO. The van der Waals surface area contributed by atoms with Crippen molar-refractivity contribution in [3.8, 4) is 5.75 Å². The molecule has 0 atom stereocenters. The highest BCUT2D eigenvalue weighted by Gasteiger charge is 2.02. The van der Waals surface area contributed by atoms with Crippen LogP contribution >= 0.6 is 0 Å². The smallest absolute Gasteiger partial charge is 0.141 e. The Kier molecular flexibility index (Phi) is 1.15. The van der Waals surface area contributed by atoms with Crippen LogP contribution in [0.5, 0.6) is 5.75 Å². The maximum atomic E-state index is 9.36. The van der Waals surface area contributed by atoms with Crippen LogP contribution in [0.3, 0.4) is 0 Å². The third-order valence-electron chi connectivity index (χ3n) is 1.89. The maximum Gasteiger partial charge on any atom is 0.141 e. The maximum absolute atomic E-state index is 9.36. The van der Waals surface area contributed by atoms with Gasteiger partial charge in [0.05, 0.1) is 0 Å². The van der Waals surface area contributed by atoms with E-state index >= 15 is 0 Å². The Balaban J connectivity index is 2.96. The van der Waals surface area contributed by atoms with E-state index in [2.05, 4.69) is 4.98 Å². The van der Waals surface area contributed by atoms with Crippen molar-refractivity contribution in [2.24, 2.45) is 0 Å². The van der Waals surface area contributed by atoms with Crippen molar-refractivity contribution in [2.45, 2.75) is 6.92 Å². The van der Waals surface area contributed by atoms with Crippen LogP contribution in [-0.2, 0) is 0 Å². The van der Waals surface area contributed by atoms with Gasteiger partial charge in [-0.2, -0.15) is 0 Å². The summed E-state index contributed by atoms with van der Waals surface area (Å²) in [5, 5.41) is 10.3. The van der Waals surface area contributed by atoms with E-state index in [-0.39, 0.29) is 0 Å². The second-order valence-electron chi connectivity index (χ2n) is 2.67. The molecule has 2 aromatic rings. The Morgan fingerprint density at radius 1 is 1.36 bits per heavy atom. The summed E-state index contributed by atoms with van der Waals surface area (Å²) in [6, 6.07) is 5.89. The highest BCUT2D eigenvalue weighted by atomic mass is 16.3. The summed E-state index contributed by atoms with van der Waals surface area (Å²) in [7, 11) is 0. The molecule has 2 nitrogen and oxygen atoms in total. The average Bonchev–Trinajstić information content (AvgIpc) is 2.34. The number of aromatic hydroxyl groups is 1. The molecule has 0 aliphatic heterocycles. The molecule has 0 amide bonds. The lowest BCUT2D eigenvalue weighted by Crippen LogP contribution is -1.72. The minimum Gasteiger partial charge on any atom is -0.506 e. The molecule has 0 aliphatic rings. The van der Waals surface area contributed by atoms with E-state index in [1.54, 1.807) is 6.20 Å². The highest BCUT2D eigenvalue weighted by molar-refractivity contribution is 5.88. The molecule has 0 saturated carbocycles. The van der Waals surface area contributed by atoms with Crippen LogP contribution in [0.4, 0.5) is 0 Å². The molecule has 0 saturated heterocycles. The number of aromatic amines is 1.